The third-order valence-electron chi connectivity index (χ3n) is 2.43. The molecule has 0 bridgehead atoms. The number of carbonyl (C=O) groups is 1. The van der Waals surface area contributed by atoms with Crippen molar-refractivity contribution >= 4 is 23.2 Å². The summed E-state index contributed by atoms with van der Waals surface area (Å²) >= 11 is 5.41. The van der Waals surface area contributed by atoms with E-state index in [2.05, 4.69) is 0 Å². The monoisotopic (exact) mass is 231 g/mol. The fraction of sp³-hybridized carbons (Fsp3) is 0.300. The SMILES string of the molecule is O=C(CCl)N1CCc2cc(F)c(F)cc21. The molecule has 1 aromatic rings. The highest BCUT2D eigenvalue weighted by Crippen LogP contribution is 2.30. The van der Waals surface area contributed by atoms with Crippen LogP contribution < -0.4 is 4.90 Å². The number of hydrogen-bond donors (Lipinski definition) is 0. The topological polar surface area (TPSA) is 20.3 Å². The Kier molecular flexibility index (Phi) is 2.61. The number of hydrogen-bond acceptors (Lipinski definition) is 1. The van der Waals surface area contributed by atoms with Crippen LogP contribution in [0.4, 0.5) is 14.5 Å². The van der Waals surface area contributed by atoms with E-state index in [0.29, 0.717) is 24.2 Å². The van der Waals surface area contributed by atoms with E-state index in [9.17, 15) is 13.6 Å². The number of nitrogens with zero attached hydrogens (tertiary/aromatic N) is 1. The molecule has 0 N–H and O–H groups in total. The van der Waals surface area contributed by atoms with Gasteiger partial charge in [-0.1, -0.05) is 0 Å². The molecule has 1 heterocycles. The van der Waals surface area contributed by atoms with Crippen molar-refractivity contribution in [2.75, 3.05) is 17.3 Å². The van der Waals surface area contributed by atoms with Crippen LogP contribution in [0, 0.1) is 11.6 Å². The van der Waals surface area contributed by atoms with Gasteiger partial charge in [-0.05, 0) is 18.1 Å². The molecule has 0 fully saturated rings. The zero-order valence-corrected chi connectivity index (χ0v) is 8.52. The van der Waals surface area contributed by atoms with Crippen molar-refractivity contribution in [2.24, 2.45) is 0 Å². The minimum atomic E-state index is -0.942. The van der Waals surface area contributed by atoms with E-state index < -0.39 is 11.6 Å². The molecule has 15 heavy (non-hydrogen) atoms. The van der Waals surface area contributed by atoms with Crippen LogP contribution in [-0.2, 0) is 11.2 Å². The van der Waals surface area contributed by atoms with Crippen LogP contribution in [0.2, 0.25) is 0 Å². The summed E-state index contributed by atoms with van der Waals surface area (Å²) in [5, 5.41) is 0. The average molecular weight is 232 g/mol. The molecule has 0 saturated carbocycles. The van der Waals surface area contributed by atoms with Crippen molar-refractivity contribution in [2.45, 2.75) is 6.42 Å². The highest BCUT2D eigenvalue weighted by molar-refractivity contribution is 6.29. The maximum absolute atomic E-state index is 13.0. The van der Waals surface area contributed by atoms with E-state index in [1.807, 2.05) is 0 Å². The van der Waals surface area contributed by atoms with Gasteiger partial charge in [0.2, 0.25) is 5.91 Å². The first-order chi connectivity index (χ1) is 7.13. The fourth-order valence-electron chi connectivity index (χ4n) is 1.71. The van der Waals surface area contributed by atoms with E-state index in [0.717, 1.165) is 12.1 Å². The predicted molar refractivity (Wildman–Crippen MR) is 53.1 cm³/mol. The quantitative estimate of drug-likeness (QED) is 0.678. The third kappa shape index (κ3) is 1.69. The molecule has 0 spiro atoms. The van der Waals surface area contributed by atoms with Crippen molar-refractivity contribution in [1.82, 2.24) is 0 Å². The summed E-state index contributed by atoms with van der Waals surface area (Å²) in [7, 11) is 0. The van der Waals surface area contributed by atoms with Crippen LogP contribution in [0.1, 0.15) is 5.56 Å². The Morgan fingerprint density at radius 2 is 2.07 bits per heavy atom. The minimum Gasteiger partial charge on any atom is -0.311 e. The molecule has 5 heteroatoms. The van der Waals surface area contributed by atoms with E-state index in [-0.39, 0.29) is 11.8 Å². The largest absolute Gasteiger partial charge is 0.311 e. The normalized spacial score (nSPS) is 14.2. The Morgan fingerprint density at radius 3 is 2.73 bits per heavy atom. The van der Waals surface area contributed by atoms with Gasteiger partial charge >= 0.3 is 0 Å². The number of carbonyl (C=O) groups excluding carboxylic acids is 1. The molecule has 1 aliphatic rings. The number of alkyl halides is 1. The minimum absolute atomic E-state index is 0.154. The first-order valence-corrected chi connectivity index (χ1v) is 5.01. The van der Waals surface area contributed by atoms with Crippen LogP contribution in [0.5, 0.6) is 0 Å². The first-order valence-electron chi connectivity index (χ1n) is 4.47. The molecular weight excluding hydrogens is 224 g/mol. The summed E-state index contributed by atoms with van der Waals surface area (Å²) in [5.74, 6) is -2.27. The Labute approximate surface area is 90.4 Å². The number of anilines is 1. The molecule has 1 amide bonds. The van der Waals surface area contributed by atoms with E-state index >= 15 is 0 Å². The molecule has 0 aliphatic carbocycles. The lowest BCUT2D eigenvalue weighted by molar-refractivity contribution is -0.116. The second-order valence-corrected chi connectivity index (χ2v) is 3.59. The first kappa shape index (κ1) is 10.4. The number of benzene rings is 1. The Morgan fingerprint density at radius 1 is 1.40 bits per heavy atom. The van der Waals surface area contributed by atoms with Crippen LogP contribution in [0.3, 0.4) is 0 Å². The molecule has 0 atom stereocenters. The number of rotatable bonds is 1. The summed E-state index contributed by atoms with van der Waals surface area (Å²) in [6, 6.07) is 2.17. The summed E-state index contributed by atoms with van der Waals surface area (Å²) in [6.07, 6.45) is 0.537. The van der Waals surface area contributed by atoms with Gasteiger partial charge in [-0.25, -0.2) is 8.78 Å². The van der Waals surface area contributed by atoms with Gasteiger partial charge < -0.3 is 4.90 Å². The van der Waals surface area contributed by atoms with Crippen molar-refractivity contribution < 1.29 is 13.6 Å². The van der Waals surface area contributed by atoms with E-state index in [1.54, 1.807) is 0 Å². The molecule has 1 aromatic carbocycles. The number of halogens is 3. The maximum Gasteiger partial charge on any atom is 0.241 e. The van der Waals surface area contributed by atoms with E-state index in [1.165, 1.54) is 4.90 Å². The van der Waals surface area contributed by atoms with E-state index in [4.69, 9.17) is 11.6 Å². The lowest BCUT2D eigenvalue weighted by Gasteiger charge is -2.15. The van der Waals surface area contributed by atoms with Crippen LogP contribution in [0.15, 0.2) is 12.1 Å². The van der Waals surface area contributed by atoms with Crippen LogP contribution in [0.25, 0.3) is 0 Å². The summed E-state index contributed by atoms with van der Waals surface area (Å²) < 4.78 is 25.8. The molecular formula is C10H8ClF2NO. The molecule has 2 rings (SSSR count). The Balaban J connectivity index is 2.42. The lowest BCUT2D eigenvalue weighted by Crippen LogP contribution is -2.29. The standard InChI is InChI=1S/C10H8ClF2NO/c11-5-10(15)14-2-1-6-3-7(12)8(13)4-9(6)14/h3-4H,1-2,5H2. The number of amides is 1. The van der Waals surface area contributed by atoms with Crippen molar-refractivity contribution in [3.05, 3.63) is 29.3 Å². The smallest absolute Gasteiger partial charge is 0.241 e. The molecule has 0 aromatic heterocycles. The van der Waals surface area contributed by atoms with Gasteiger partial charge in [-0.3, -0.25) is 4.79 Å². The van der Waals surface area contributed by atoms with Gasteiger partial charge in [-0.2, -0.15) is 0 Å². The lowest BCUT2D eigenvalue weighted by atomic mass is 10.1. The van der Waals surface area contributed by atoms with Gasteiger partial charge in [0.05, 0.1) is 5.69 Å². The summed E-state index contributed by atoms with van der Waals surface area (Å²) in [5.41, 5.74) is 1.08. The summed E-state index contributed by atoms with van der Waals surface area (Å²) in [6.45, 7) is 0.434. The highest BCUT2D eigenvalue weighted by atomic mass is 35.5. The zero-order valence-electron chi connectivity index (χ0n) is 7.77. The summed E-state index contributed by atoms with van der Waals surface area (Å²) in [4.78, 5) is 12.7. The van der Waals surface area contributed by atoms with Gasteiger partial charge in [0, 0.05) is 12.6 Å². The molecule has 2 nitrogen and oxygen atoms in total. The molecule has 0 unspecified atom stereocenters. The van der Waals surface area contributed by atoms with Crippen LogP contribution >= 0.6 is 11.6 Å². The predicted octanol–water partition coefficient (Wildman–Crippen LogP) is 2.09. The van der Waals surface area contributed by atoms with Gasteiger partial charge in [-0.15, -0.1) is 11.6 Å². The zero-order chi connectivity index (χ0) is 11.0. The average Bonchev–Trinajstić information content (AvgIpc) is 2.61. The van der Waals surface area contributed by atoms with Gasteiger partial charge in [0.25, 0.3) is 0 Å². The second kappa shape index (κ2) is 3.77. The Bertz CT molecular complexity index is 422. The van der Waals surface area contributed by atoms with Gasteiger partial charge in [0.1, 0.15) is 5.88 Å². The van der Waals surface area contributed by atoms with Crippen molar-refractivity contribution in [3.63, 3.8) is 0 Å². The van der Waals surface area contributed by atoms with Crippen LogP contribution in [-0.4, -0.2) is 18.3 Å². The molecule has 1 aliphatic heterocycles. The highest BCUT2D eigenvalue weighted by Gasteiger charge is 2.25. The Hall–Kier alpha value is -1.16. The maximum atomic E-state index is 13.0. The van der Waals surface area contributed by atoms with Crippen molar-refractivity contribution in [3.8, 4) is 0 Å². The van der Waals surface area contributed by atoms with Crippen molar-refractivity contribution in [1.29, 1.82) is 0 Å². The second-order valence-electron chi connectivity index (χ2n) is 3.32. The van der Waals surface area contributed by atoms with Gasteiger partial charge in [0.15, 0.2) is 11.6 Å². The third-order valence-corrected chi connectivity index (χ3v) is 2.66. The molecule has 80 valence electrons. The fourth-order valence-corrected chi connectivity index (χ4v) is 1.86. The number of fused-ring (bicyclic) bond motifs is 1. The molecule has 0 saturated heterocycles. The molecule has 0 radical (unpaired) electrons.